The molecule has 0 spiro atoms. The Morgan fingerprint density at radius 2 is 1.81 bits per heavy atom. The number of carbonyl (C=O) groups excluding carboxylic acids is 1. The van der Waals surface area contributed by atoms with Gasteiger partial charge in [-0.15, -0.1) is 0 Å². The summed E-state index contributed by atoms with van der Waals surface area (Å²) in [7, 11) is 0. The lowest BCUT2D eigenvalue weighted by Crippen LogP contribution is -2.33. The largest absolute Gasteiger partial charge is 0.445 e. The predicted molar refractivity (Wildman–Crippen MR) is 124 cm³/mol. The third-order valence-corrected chi connectivity index (χ3v) is 6.13. The SMILES string of the molecule is CCN(CCO)CCCCCCOC1CCC(CNC(=O)OCc2ccccc2)CC1. The highest BCUT2D eigenvalue weighted by atomic mass is 16.5. The van der Waals surface area contributed by atoms with E-state index in [4.69, 9.17) is 14.6 Å². The number of unbranched alkanes of at least 4 members (excludes halogenated alkanes) is 3. The van der Waals surface area contributed by atoms with E-state index in [1.54, 1.807) is 0 Å². The molecule has 0 aromatic heterocycles. The van der Waals surface area contributed by atoms with Crippen LogP contribution in [0.5, 0.6) is 0 Å². The zero-order chi connectivity index (χ0) is 22.2. The molecular weight excluding hydrogens is 392 g/mol. The molecule has 176 valence electrons. The Balaban J connectivity index is 1.43. The lowest BCUT2D eigenvalue weighted by atomic mass is 9.87. The number of rotatable bonds is 15. The highest BCUT2D eigenvalue weighted by Crippen LogP contribution is 2.26. The van der Waals surface area contributed by atoms with Crippen LogP contribution in [0.25, 0.3) is 0 Å². The van der Waals surface area contributed by atoms with Gasteiger partial charge in [-0.3, -0.25) is 0 Å². The molecule has 0 bridgehead atoms. The van der Waals surface area contributed by atoms with Crippen LogP contribution in [-0.4, -0.2) is 61.6 Å². The normalized spacial score (nSPS) is 18.8. The van der Waals surface area contributed by atoms with Crippen LogP contribution in [-0.2, 0) is 16.1 Å². The first-order valence-corrected chi connectivity index (χ1v) is 12.1. The molecule has 0 saturated heterocycles. The maximum atomic E-state index is 11.9. The molecule has 1 fully saturated rings. The third-order valence-electron chi connectivity index (χ3n) is 6.13. The predicted octanol–water partition coefficient (Wildman–Crippen LogP) is 4.36. The second-order valence-electron chi connectivity index (χ2n) is 8.53. The quantitative estimate of drug-likeness (QED) is 0.401. The van der Waals surface area contributed by atoms with Gasteiger partial charge in [0.05, 0.1) is 12.7 Å². The third kappa shape index (κ3) is 11.5. The minimum Gasteiger partial charge on any atom is -0.445 e. The van der Waals surface area contributed by atoms with Crippen molar-refractivity contribution < 1.29 is 19.4 Å². The van der Waals surface area contributed by atoms with Crippen LogP contribution in [0.4, 0.5) is 4.79 Å². The molecule has 1 amide bonds. The van der Waals surface area contributed by atoms with Gasteiger partial charge in [0.15, 0.2) is 0 Å². The number of ether oxygens (including phenoxy) is 2. The van der Waals surface area contributed by atoms with Gasteiger partial charge < -0.3 is 24.8 Å². The Morgan fingerprint density at radius 1 is 1.06 bits per heavy atom. The van der Waals surface area contributed by atoms with Crippen molar-refractivity contribution in [1.82, 2.24) is 10.2 Å². The molecular formula is C25H42N2O4. The fraction of sp³-hybridized carbons (Fsp3) is 0.720. The highest BCUT2D eigenvalue weighted by molar-refractivity contribution is 5.67. The zero-order valence-electron chi connectivity index (χ0n) is 19.3. The van der Waals surface area contributed by atoms with E-state index in [1.165, 1.54) is 19.3 Å². The van der Waals surface area contributed by atoms with E-state index in [1.807, 2.05) is 30.3 Å². The molecule has 0 unspecified atom stereocenters. The van der Waals surface area contributed by atoms with Crippen molar-refractivity contribution in [2.75, 3.05) is 39.4 Å². The van der Waals surface area contributed by atoms with E-state index in [0.717, 1.165) is 63.9 Å². The van der Waals surface area contributed by atoms with Gasteiger partial charge in [0.25, 0.3) is 0 Å². The van der Waals surface area contributed by atoms with Gasteiger partial charge in [-0.1, -0.05) is 50.1 Å². The van der Waals surface area contributed by atoms with Crippen molar-refractivity contribution in [1.29, 1.82) is 0 Å². The molecule has 6 nitrogen and oxygen atoms in total. The Kier molecular flexibility index (Phi) is 13.3. The summed E-state index contributed by atoms with van der Waals surface area (Å²) in [5.74, 6) is 0.518. The summed E-state index contributed by atoms with van der Waals surface area (Å²) in [6, 6.07) is 9.74. The van der Waals surface area contributed by atoms with Gasteiger partial charge in [-0.05, 0) is 63.1 Å². The Hall–Kier alpha value is -1.63. The minimum absolute atomic E-state index is 0.248. The number of nitrogens with zero attached hydrogens (tertiary/aromatic N) is 1. The fourth-order valence-corrected chi connectivity index (χ4v) is 4.11. The number of likely N-dealkylation sites (N-methyl/N-ethyl adjacent to an activating group) is 1. The fourth-order valence-electron chi connectivity index (χ4n) is 4.11. The number of aliphatic hydroxyl groups excluding tert-OH is 1. The van der Waals surface area contributed by atoms with Crippen LogP contribution in [0, 0.1) is 5.92 Å². The first kappa shape index (κ1) is 25.6. The molecule has 6 heteroatoms. The van der Waals surface area contributed by atoms with Crippen molar-refractivity contribution in [3.05, 3.63) is 35.9 Å². The maximum Gasteiger partial charge on any atom is 0.407 e. The average molecular weight is 435 g/mol. The van der Waals surface area contributed by atoms with Crippen LogP contribution in [0.1, 0.15) is 63.9 Å². The topological polar surface area (TPSA) is 71.0 Å². The summed E-state index contributed by atoms with van der Waals surface area (Å²) in [5.41, 5.74) is 1.000. The van der Waals surface area contributed by atoms with Crippen LogP contribution in [0.2, 0.25) is 0 Å². The second-order valence-corrected chi connectivity index (χ2v) is 8.53. The standard InChI is InChI=1S/C25H42N2O4/c1-2-27(17-18-28)16-8-3-4-9-19-30-24-14-12-22(13-15-24)20-26-25(29)31-21-23-10-6-5-7-11-23/h5-7,10-11,22,24,28H,2-4,8-9,12-21H2,1H3,(H,26,29). The Morgan fingerprint density at radius 3 is 2.52 bits per heavy atom. The molecule has 1 aromatic rings. The van der Waals surface area contributed by atoms with Crippen molar-refractivity contribution in [3.8, 4) is 0 Å². The maximum absolute atomic E-state index is 11.9. The van der Waals surface area contributed by atoms with E-state index >= 15 is 0 Å². The summed E-state index contributed by atoms with van der Waals surface area (Å²) < 4.78 is 11.4. The molecule has 1 aromatic carbocycles. The van der Waals surface area contributed by atoms with E-state index < -0.39 is 0 Å². The summed E-state index contributed by atoms with van der Waals surface area (Å²) >= 11 is 0. The number of hydrogen-bond acceptors (Lipinski definition) is 5. The molecule has 31 heavy (non-hydrogen) atoms. The average Bonchev–Trinajstić information content (AvgIpc) is 2.81. The smallest absolute Gasteiger partial charge is 0.407 e. The Bertz CT molecular complexity index is 576. The van der Waals surface area contributed by atoms with E-state index in [0.29, 0.717) is 25.2 Å². The molecule has 0 aliphatic heterocycles. The minimum atomic E-state index is -0.333. The van der Waals surface area contributed by atoms with Crippen molar-refractivity contribution >= 4 is 6.09 Å². The molecule has 1 saturated carbocycles. The molecule has 2 rings (SSSR count). The van der Waals surface area contributed by atoms with Gasteiger partial charge >= 0.3 is 6.09 Å². The first-order valence-electron chi connectivity index (χ1n) is 12.1. The molecule has 1 aliphatic carbocycles. The van der Waals surface area contributed by atoms with Crippen LogP contribution in [0.15, 0.2) is 30.3 Å². The summed E-state index contributed by atoms with van der Waals surface area (Å²) in [6.45, 7) is 7.12. The molecule has 0 heterocycles. The molecule has 0 atom stereocenters. The van der Waals surface area contributed by atoms with Gasteiger partial charge in [-0.25, -0.2) is 4.79 Å². The van der Waals surface area contributed by atoms with Gasteiger partial charge in [-0.2, -0.15) is 0 Å². The van der Waals surface area contributed by atoms with Gasteiger partial charge in [0.1, 0.15) is 6.61 Å². The summed E-state index contributed by atoms with van der Waals surface area (Å²) in [5, 5.41) is 11.9. The first-order chi connectivity index (χ1) is 15.2. The second kappa shape index (κ2) is 16.1. The Labute approximate surface area is 188 Å². The number of carbonyl (C=O) groups is 1. The summed E-state index contributed by atoms with van der Waals surface area (Å²) in [6.07, 6.45) is 9.16. The van der Waals surface area contributed by atoms with E-state index in [2.05, 4.69) is 17.1 Å². The van der Waals surface area contributed by atoms with Gasteiger partial charge in [0, 0.05) is 19.7 Å². The van der Waals surface area contributed by atoms with Crippen LogP contribution < -0.4 is 5.32 Å². The lowest BCUT2D eigenvalue weighted by molar-refractivity contribution is 0.0161. The van der Waals surface area contributed by atoms with Crippen LogP contribution >= 0.6 is 0 Å². The molecule has 0 radical (unpaired) electrons. The zero-order valence-corrected chi connectivity index (χ0v) is 19.3. The number of alkyl carbamates (subject to hydrolysis) is 1. The number of nitrogens with one attached hydrogen (secondary N) is 1. The number of benzene rings is 1. The molecule has 2 N–H and O–H groups in total. The number of amides is 1. The number of hydrogen-bond donors (Lipinski definition) is 2. The summed E-state index contributed by atoms with van der Waals surface area (Å²) in [4.78, 5) is 14.2. The van der Waals surface area contributed by atoms with E-state index in [-0.39, 0.29) is 12.7 Å². The highest BCUT2D eigenvalue weighted by Gasteiger charge is 2.22. The van der Waals surface area contributed by atoms with Crippen molar-refractivity contribution in [2.45, 2.75) is 71.0 Å². The van der Waals surface area contributed by atoms with Crippen molar-refractivity contribution in [2.24, 2.45) is 5.92 Å². The van der Waals surface area contributed by atoms with Gasteiger partial charge in [0.2, 0.25) is 0 Å². The molecule has 1 aliphatic rings. The van der Waals surface area contributed by atoms with Crippen LogP contribution in [0.3, 0.4) is 0 Å². The van der Waals surface area contributed by atoms with Crippen molar-refractivity contribution in [3.63, 3.8) is 0 Å². The van der Waals surface area contributed by atoms with E-state index in [9.17, 15) is 4.79 Å². The monoisotopic (exact) mass is 434 g/mol. The number of aliphatic hydroxyl groups is 1. The lowest BCUT2D eigenvalue weighted by Gasteiger charge is -2.28.